The lowest BCUT2D eigenvalue weighted by molar-refractivity contribution is -0.143. The highest BCUT2D eigenvalue weighted by molar-refractivity contribution is 6.30. The largest absolute Gasteiger partial charge is 0.507 e. The Hall–Kier alpha value is -4.50. The number of rotatable bonds is 6. The lowest BCUT2D eigenvalue weighted by Gasteiger charge is -2.26. The Bertz CT molecular complexity index is 1620. The van der Waals surface area contributed by atoms with Crippen molar-refractivity contribution in [1.29, 1.82) is 0 Å². The molecular formula is C28H21ClO9. The van der Waals surface area contributed by atoms with E-state index in [4.69, 9.17) is 30.2 Å². The van der Waals surface area contributed by atoms with Gasteiger partial charge in [-0.2, -0.15) is 0 Å². The molecule has 1 aromatic heterocycles. The molecule has 0 fully saturated rings. The number of phenolic OH excluding ortho intramolecular Hbond substituents is 1. The van der Waals surface area contributed by atoms with Gasteiger partial charge in [-0.1, -0.05) is 29.8 Å². The molecule has 0 unspecified atom stereocenters. The second-order valence-corrected chi connectivity index (χ2v) is 8.94. The Morgan fingerprint density at radius 1 is 1.08 bits per heavy atom. The number of carbonyl (C=O) groups is 2. The van der Waals surface area contributed by atoms with Gasteiger partial charge in [0.05, 0.1) is 26.2 Å². The number of carbonyl (C=O) groups excluding carboxylic acids is 2. The second kappa shape index (κ2) is 10.1. The zero-order valence-corrected chi connectivity index (χ0v) is 21.0. The molecule has 5 rings (SSSR count). The molecule has 4 aromatic rings. The normalized spacial score (nSPS) is 14.5. The lowest BCUT2D eigenvalue weighted by Crippen LogP contribution is -2.22. The van der Waals surface area contributed by atoms with Crippen LogP contribution in [0, 0.1) is 0 Å². The van der Waals surface area contributed by atoms with Crippen LogP contribution in [0.3, 0.4) is 0 Å². The van der Waals surface area contributed by atoms with Crippen LogP contribution in [0.15, 0.2) is 64.0 Å². The number of fused-ring (bicyclic) bond motifs is 3. The first-order valence-corrected chi connectivity index (χ1v) is 11.8. The van der Waals surface area contributed by atoms with Crippen LogP contribution < -0.4 is 19.6 Å². The zero-order valence-electron chi connectivity index (χ0n) is 20.3. The van der Waals surface area contributed by atoms with E-state index in [0.717, 1.165) is 0 Å². The molecule has 3 aromatic carbocycles. The first-order chi connectivity index (χ1) is 18.3. The van der Waals surface area contributed by atoms with Crippen molar-refractivity contribution in [2.75, 3.05) is 20.8 Å². The number of esters is 2. The van der Waals surface area contributed by atoms with Crippen molar-refractivity contribution >= 4 is 34.5 Å². The summed E-state index contributed by atoms with van der Waals surface area (Å²) < 4.78 is 26.9. The van der Waals surface area contributed by atoms with E-state index >= 15 is 0 Å². The molecule has 9 nitrogen and oxygen atoms in total. The molecule has 0 aliphatic carbocycles. The summed E-state index contributed by atoms with van der Waals surface area (Å²) in [6, 6.07) is 12.9. The molecule has 38 heavy (non-hydrogen) atoms. The Morgan fingerprint density at radius 2 is 1.84 bits per heavy atom. The summed E-state index contributed by atoms with van der Waals surface area (Å²) in [6.07, 6.45) is 1.26. The lowest BCUT2D eigenvalue weighted by atomic mass is 9.84. The predicted octanol–water partition coefficient (Wildman–Crippen LogP) is 4.82. The van der Waals surface area contributed by atoms with Gasteiger partial charge in [0.25, 0.3) is 0 Å². The van der Waals surface area contributed by atoms with Crippen LogP contribution in [0.5, 0.6) is 23.0 Å². The van der Waals surface area contributed by atoms with Gasteiger partial charge in [-0.05, 0) is 35.4 Å². The van der Waals surface area contributed by atoms with Gasteiger partial charge >= 0.3 is 11.9 Å². The smallest absolute Gasteiger partial charge is 0.343 e. The van der Waals surface area contributed by atoms with Gasteiger partial charge in [-0.25, -0.2) is 4.79 Å². The SMILES string of the molecule is COC(=O)COc1ccc([C@H]2CC(=O)Oc3cc(O)c4c(=O)c(-c5ccc(Cl)cc5)coc4c32)cc1OC. The van der Waals surface area contributed by atoms with Gasteiger partial charge in [0.1, 0.15) is 28.7 Å². The van der Waals surface area contributed by atoms with Gasteiger partial charge in [-0.3, -0.25) is 9.59 Å². The van der Waals surface area contributed by atoms with E-state index in [2.05, 4.69) is 4.74 Å². The van der Waals surface area contributed by atoms with Crippen molar-refractivity contribution in [1.82, 2.24) is 0 Å². The minimum atomic E-state index is -0.595. The summed E-state index contributed by atoms with van der Waals surface area (Å²) in [4.78, 5) is 37.5. The third-order valence-electron chi connectivity index (χ3n) is 6.29. The third kappa shape index (κ3) is 4.52. The number of benzene rings is 3. The molecule has 1 N–H and O–H groups in total. The van der Waals surface area contributed by atoms with Crippen molar-refractivity contribution in [2.24, 2.45) is 0 Å². The molecule has 0 radical (unpaired) electrons. The molecule has 2 heterocycles. The molecule has 0 spiro atoms. The van der Waals surface area contributed by atoms with E-state index in [0.29, 0.717) is 33.2 Å². The summed E-state index contributed by atoms with van der Waals surface area (Å²) in [7, 11) is 2.70. The van der Waals surface area contributed by atoms with Gasteiger partial charge in [-0.15, -0.1) is 0 Å². The maximum absolute atomic E-state index is 13.5. The molecule has 194 valence electrons. The number of hydrogen-bond acceptors (Lipinski definition) is 9. The molecule has 1 atom stereocenters. The molecule has 0 saturated heterocycles. The van der Waals surface area contributed by atoms with Gasteiger partial charge < -0.3 is 28.5 Å². The number of phenols is 1. The summed E-state index contributed by atoms with van der Waals surface area (Å²) in [6.45, 7) is -0.310. The highest BCUT2D eigenvalue weighted by Gasteiger charge is 2.34. The highest BCUT2D eigenvalue weighted by atomic mass is 35.5. The molecular weight excluding hydrogens is 516 g/mol. The summed E-state index contributed by atoms with van der Waals surface area (Å²) in [5, 5.41) is 11.2. The van der Waals surface area contributed by atoms with Crippen molar-refractivity contribution in [3.8, 4) is 34.1 Å². The average molecular weight is 537 g/mol. The van der Waals surface area contributed by atoms with Gasteiger partial charge in [0.15, 0.2) is 18.1 Å². The van der Waals surface area contributed by atoms with Crippen LogP contribution >= 0.6 is 11.6 Å². The molecule has 1 aliphatic heterocycles. The number of hydrogen-bond donors (Lipinski definition) is 1. The van der Waals surface area contributed by atoms with Crippen LogP contribution in [0.25, 0.3) is 22.1 Å². The first kappa shape index (κ1) is 25.2. The van der Waals surface area contributed by atoms with Crippen molar-refractivity contribution in [2.45, 2.75) is 12.3 Å². The number of halogens is 1. The quantitative estimate of drug-likeness (QED) is 0.273. The number of methoxy groups -OCH3 is 2. The topological polar surface area (TPSA) is 122 Å². The molecule has 10 heteroatoms. The minimum absolute atomic E-state index is 0.0378. The summed E-state index contributed by atoms with van der Waals surface area (Å²) in [5.41, 5.74) is 1.53. The second-order valence-electron chi connectivity index (χ2n) is 8.50. The first-order valence-electron chi connectivity index (χ1n) is 11.5. The fourth-order valence-corrected chi connectivity index (χ4v) is 4.59. The van der Waals surface area contributed by atoms with E-state index in [1.54, 1.807) is 42.5 Å². The van der Waals surface area contributed by atoms with Gasteiger partial charge in [0, 0.05) is 22.6 Å². The Kier molecular flexibility index (Phi) is 6.69. The van der Waals surface area contributed by atoms with E-state index < -0.39 is 23.3 Å². The fraction of sp³-hybridized carbons (Fsp3) is 0.179. The van der Waals surface area contributed by atoms with Crippen molar-refractivity contribution < 1.29 is 38.1 Å². The minimum Gasteiger partial charge on any atom is -0.507 e. The fourth-order valence-electron chi connectivity index (χ4n) is 4.46. The average Bonchev–Trinajstić information content (AvgIpc) is 2.91. The summed E-state index contributed by atoms with van der Waals surface area (Å²) in [5.74, 6) is -1.34. The molecule has 0 saturated carbocycles. The molecule has 0 amide bonds. The van der Waals surface area contributed by atoms with E-state index in [-0.39, 0.29) is 41.1 Å². The maximum Gasteiger partial charge on any atom is 0.343 e. The van der Waals surface area contributed by atoms with E-state index in [1.165, 1.54) is 26.5 Å². The standard InChI is InChI=1S/C28H21ClO9/c1-34-21-9-15(5-8-20(21)36-13-24(32)35-2)17-10-23(31)38-22-11-19(30)26-27(33)18(12-37-28(26)25(17)22)14-3-6-16(29)7-4-14/h3-9,11-12,17,30H,10,13H2,1-2H3/t17-/m1/s1. The number of aromatic hydroxyl groups is 1. The van der Waals surface area contributed by atoms with Crippen LogP contribution in [-0.4, -0.2) is 37.9 Å². The maximum atomic E-state index is 13.5. The van der Waals surface area contributed by atoms with Crippen LogP contribution in [0.1, 0.15) is 23.5 Å². The van der Waals surface area contributed by atoms with E-state index in [9.17, 15) is 19.5 Å². The highest BCUT2D eigenvalue weighted by Crippen LogP contribution is 2.46. The molecule has 1 aliphatic rings. The third-order valence-corrected chi connectivity index (χ3v) is 6.54. The zero-order chi connectivity index (χ0) is 27.0. The molecule has 0 bridgehead atoms. The van der Waals surface area contributed by atoms with Crippen LogP contribution in [0.2, 0.25) is 5.02 Å². The number of ether oxygens (including phenoxy) is 4. The van der Waals surface area contributed by atoms with Crippen molar-refractivity contribution in [3.63, 3.8) is 0 Å². The van der Waals surface area contributed by atoms with Crippen LogP contribution in [0.4, 0.5) is 0 Å². The van der Waals surface area contributed by atoms with Crippen LogP contribution in [-0.2, 0) is 14.3 Å². The summed E-state index contributed by atoms with van der Waals surface area (Å²) >= 11 is 5.97. The van der Waals surface area contributed by atoms with E-state index in [1.807, 2.05) is 0 Å². The monoisotopic (exact) mass is 536 g/mol. The Balaban J connectivity index is 1.64. The predicted molar refractivity (Wildman–Crippen MR) is 137 cm³/mol. The Labute approximate surface area is 221 Å². The van der Waals surface area contributed by atoms with Gasteiger partial charge in [0.2, 0.25) is 5.43 Å². The Morgan fingerprint density at radius 3 is 2.55 bits per heavy atom. The van der Waals surface area contributed by atoms with Crippen molar-refractivity contribution in [3.05, 3.63) is 81.2 Å².